The zero-order valence-electron chi connectivity index (χ0n) is 8.59. The van der Waals surface area contributed by atoms with Crippen molar-refractivity contribution in [1.29, 1.82) is 0 Å². The third-order valence-electron chi connectivity index (χ3n) is 3.31. The summed E-state index contributed by atoms with van der Waals surface area (Å²) in [4.78, 5) is 0. The van der Waals surface area contributed by atoms with E-state index in [1.807, 2.05) is 13.0 Å². The van der Waals surface area contributed by atoms with E-state index in [0.717, 1.165) is 12.8 Å². The topological polar surface area (TPSA) is 20.2 Å². The number of hydrogen-bond acceptors (Lipinski definition) is 1. The van der Waals surface area contributed by atoms with Crippen LogP contribution >= 0.6 is 0 Å². The molecule has 12 heavy (non-hydrogen) atoms. The molecule has 1 N–H and O–H groups in total. The van der Waals surface area contributed by atoms with Crippen LogP contribution in [-0.2, 0) is 0 Å². The fraction of sp³-hybridized carbons (Fsp3) is 0.818. The van der Waals surface area contributed by atoms with Gasteiger partial charge in [-0.2, -0.15) is 0 Å². The van der Waals surface area contributed by atoms with E-state index in [1.165, 1.54) is 0 Å². The highest BCUT2D eigenvalue weighted by molar-refractivity contribution is 5.11. The van der Waals surface area contributed by atoms with Crippen LogP contribution in [0.1, 0.15) is 40.5 Å². The molecule has 0 aromatic rings. The Kier molecular flexibility index (Phi) is 2.35. The van der Waals surface area contributed by atoms with E-state index in [2.05, 4.69) is 26.8 Å². The normalized spacial score (nSPS) is 42.2. The molecule has 1 heteroatoms. The van der Waals surface area contributed by atoms with E-state index < -0.39 is 5.60 Å². The lowest BCUT2D eigenvalue weighted by atomic mass is 9.69. The monoisotopic (exact) mass is 168 g/mol. The van der Waals surface area contributed by atoms with E-state index in [1.54, 1.807) is 0 Å². The van der Waals surface area contributed by atoms with E-state index in [-0.39, 0.29) is 0 Å². The standard InChI is InChI=1S/C11H20O/c1-9(2)10(3)5-7-11(4,12)8-6-10/h5,7,9,12H,6,8H2,1-4H3. The molecule has 0 bridgehead atoms. The third kappa shape index (κ3) is 1.89. The second-order valence-electron chi connectivity index (χ2n) is 4.85. The molecule has 0 heterocycles. The molecule has 0 amide bonds. The van der Waals surface area contributed by atoms with Gasteiger partial charge in [0, 0.05) is 0 Å². The first kappa shape index (κ1) is 9.79. The summed E-state index contributed by atoms with van der Waals surface area (Å²) < 4.78 is 0. The van der Waals surface area contributed by atoms with E-state index >= 15 is 0 Å². The average Bonchev–Trinajstić information content (AvgIpc) is 1.96. The van der Waals surface area contributed by atoms with Crippen LogP contribution < -0.4 is 0 Å². The molecule has 1 aliphatic rings. The van der Waals surface area contributed by atoms with E-state index in [4.69, 9.17) is 0 Å². The molecule has 0 fully saturated rings. The van der Waals surface area contributed by atoms with Crippen molar-refractivity contribution in [3.05, 3.63) is 12.2 Å². The Morgan fingerprint density at radius 3 is 2.08 bits per heavy atom. The van der Waals surface area contributed by atoms with Gasteiger partial charge in [-0.3, -0.25) is 0 Å². The van der Waals surface area contributed by atoms with Crippen LogP contribution in [0.3, 0.4) is 0 Å². The first-order valence-electron chi connectivity index (χ1n) is 4.78. The highest BCUT2D eigenvalue weighted by Crippen LogP contribution is 2.40. The molecule has 70 valence electrons. The maximum absolute atomic E-state index is 9.70. The van der Waals surface area contributed by atoms with Gasteiger partial charge >= 0.3 is 0 Å². The Morgan fingerprint density at radius 2 is 1.75 bits per heavy atom. The summed E-state index contributed by atoms with van der Waals surface area (Å²) in [6.45, 7) is 8.63. The number of rotatable bonds is 1. The zero-order valence-corrected chi connectivity index (χ0v) is 8.59. The minimum Gasteiger partial charge on any atom is -0.386 e. The van der Waals surface area contributed by atoms with Gasteiger partial charge in [-0.25, -0.2) is 0 Å². The van der Waals surface area contributed by atoms with Crippen LogP contribution in [0.4, 0.5) is 0 Å². The highest BCUT2D eigenvalue weighted by Gasteiger charge is 2.33. The Labute approximate surface area is 75.5 Å². The Bertz CT molecular complexity index is 191. The molecule has 1 nitrogen and oxygen atoms in total. The minimum atomic E-state index is -0.561. The van der Waals surface area contributed by atoms with Crippen LogP contribution in [0.25, 0.3) is 0 Å². The van der Waals surface area contributed by atoms with Gasteiger partial charge < -0.3 is 5.11 Å². The predicted molar refractivity (Wildman–Crippen MR) is 51.9 cm³/mol. The van der Waals surface area contributed by atoms with Crippen LogP contribution in [0, 0.1) is 11.3 Å². The van der Waals surface area contributed by atoms with Crippen molar-refractivity contribution in [2.24, 2.45) is 11.3 Å². The molecule has 0 saturated carbocycles. The van der Waals surface area contributed by atoms with Crippen molar-refractivity contribution >= 4 is 0 Å². The van der Waals surface area contributed by atoms with Crippen LogP contribution in [-0.4, -0.2) is 10.7 Å². The van der Waals surface area contributed by atoms with Crippen LogP contribution in [0.5, 0.6) is 0 Å². The number of aliphatic hydroxyl groups is 1. The molecule has 0 radical (unpaired) electrons. The van der Waals surface area contributed by atoms with Gasteiger partial charge in [0.25, 0.3) is 0 Å². The molecular formula is C11H20O. The molecule has 2 unspecified atom stereocenters. The van der Waals surface area contributed by atoms with Crippen molar-refractivity contribution < 1.29 is 5.11 Å². The van der Waals surface area contributed by atoms with Crippen molar-refractivity contribution in [2.75, 3.05) is 0 Å². The molecule has 2 atom stereocenters. The highest BCUT2D eigenvalue weighted by atomic mass is 16.3. The Balaban J connectivity index is 2.77. The number of hydrogen-bond donors (Lipinski definition) is 1. The van der Waals surface area contributed by atoms with Crippen LogP contribution in [0.15, 0.2) is 12.2 Å². The van der Waals surface area contributed by atoms with Gasteiger partial charge in [0.15, 0.2) is 0 Å². The molecule has 0 aromatic heterocycles. The maximum Gasteiger partial charge on any atom is 0.0800 e. The summed E-state index contributed by atoms with van der Waals surface area (Å²) in [6, 6.07) is 0. The molecule has 1 rings (SSSR count). The van der Waals surface area contributed by atoms with Crippen LogP contribution in [0.2, 0.25) is 0 Å². The molecule has 0 aromatic carbocycles. The van der Waals surface area contributed by atoms with Gasteiger partial charge in [-0.1, -0.05) is 32.9 Å². The summed E-state index contributed by atoms with van der Waals surface area (Å²) in [6.07, 6.45) is 6.12. The molecule has 1 aliphatic carbocycles. The Hall–Kier alpha value is -0.300. The summed E-state index contributed by atoms with van der Waals surface area (Å²) in [5.74, 6) is 0.657. The molecule has 0 saturated heterocycles. The van der Waals surface area contributed by atoms with Gasteiger partial charge in [0.2, 0.25) is 0 Å². The molecular weight excluding hydrogens is 148 g/mol. The van der Waals surface area contributed by atoms with Gasteiger partial charge in [-0.05, 0) is 31.1 Å². The van der Waals surface area contributed by atoms with Crippen molar-refractivity contribution in [2.45, 2.75) is 46.1 Å². The summed E-state index contributed by atoms with van der Waals surface area (Å²) in [5.41, 5.74) is -0.267. The molecule has 0 spiro atoms. The van der Waals surface area contributed by atoms with Gasteiger partial charge in [0.05, 0.1) is 5.60 Å². The third-order valence-corrected chi connectivity index (χ3v) is 3.31. The lowest BCUT2D eigenvalue weighted by Gasteiger charge is -2.38. The van der Waals surface area contributed by atoms with Crippen molar-refractivity contribution in [3.8, 4) is 0 Å². The van der Waals surface area contributed by atoms with Gasteiger partial charge in [-0.15, -0.1) is 0 Å². The minimum absolute atomic E-state index is 0.294. The quantitative estimate of drug-likeness (QED) is 0.597. The SMILES string of the molecule is CC(C)C1(C)C=CC(C)(O)CC1. The second kappa shape index (κ2) is 2.88. The second-order valence-corrected chi connectivity index (χ2v) is 4.85. The summed E-state index contributed by atoms with van der Waals surface area (Å²) in [5, 5.41) is 9.70. The van der Waals surface area contributed by atoms with Crippen molar-refractivity contribution in [1.82, 2.24) is 0 Å². The lowest BCUT2D eigenvalue weighted by Crippen LogP contribution is -2.33. The fourth-order valence-electron chi connectivity index (χ4n) is 1.54. The fourth-order valence-corrected chi connectivity index (χ4v) is 1.54. The number of allylic oxidation sites excluding steroid dienone is 1. The maximum atomic E-state index is 9.70. The van der Waals surface area contributed by atoms with E-state index in [0.29, 0.717) is 11.3 Å². The van der Waals surface area contributed by atoms with E-state index in [9.17, 15) is 5.11 Å². The smallest absolute Gasteiger partial charge is 0.0800 e. The summed E-state index contributed by atoms with van der Waals surface area (Å²) >= 11 is 0. The molecule has 0 aliphatic heterocycles. The summed E-state index contributed by atoms with van der Waals surface area (Å²) in [7, 11) is 0. The first-order valence-corrected chi connectivity index (χ1v) is 4.78. The zero-order chi connectivity index (χ0) is 9.41. The largest absolute Gasteiger partial charge is 0.386 e. The first-order chi connectivity index (χ1) is 5.36. The lowest BCUT2D eigenvalue weighted by molar-refractivity contribution is 0.0678. The Morgan fingerprint density at radius 1 is 1.17 bits per heavy atom. The average molecular weight is 168 g/mol. The predicted octanol–water partition coefficient (Wildman–Crippen LogP) is 2.75. The van der Waals surface area contributed by atoms with Gasteiger partial charge in [0.1, 0.15) is 0 Å². The van der Waals surface area contributed by atoms with Crippen molar-refractivity contribution in [3.63, 3.8) is 0 Å².